The average molecular weight is 340 g/mol. The number of para-hydroxylation sites is 2. The number of carbonyl (C=O) groups is 2. The first-order chi connectivity index (χ1) is 11.9. The van der Waals surface area contributed by atoms with Gasteiger partial charge in [0.05, 0.1) is 5.56 Å². The second-order valence-electron chi connectivity index (χ2n) is 6.06. The summed E-state index contributed by atoms with van der Waals surface area (Å²) in [5.74, 6) is -0.659. The number of rotatable bonds is 6. The summed E-state index contributed by atoms with van der Waals surface area (Å²) >= 11 is 0. The fourth-order valence-electron chi connectivity index (χ4n) is 2.51. The zero-order valence-electron chi connectivity index (χ0n) is 14.8. The van der Waals surface area contributed by atoms with Crippen LogP contribution in [0, 0.1) is 6.92 Å². The van der Waals surface area contributed by atoms with Gasteiger partial charge < -0.3 is 15.8 Å². The normalized spacial score (nSPS) is 11.6. The monoisotopic (exact) mass is 340 g/mol. The number of anilines is 2. The molecule has 1 amide bonds. The van der Waals surface area contributed by atoms with Crippen LogP contribution >= 0.6 is 0 Å². The first-order valence-electron chi connectivity index (χ1n) is 8.35. The van der Waals surface area contributed by atoms with Gasteiger partial charge in [0, 0.05) is 11.4 Å². The van der Waals surface area contributed by atoms with E-state index in [0.717, 1.165) is 23.2 Å². The Morgan fingerprint density at radius 1 is 1.16 bits per heavy atom. The highest BCUT2D eigenvalue weighted by atomic mass is 16.5. The highest BCUT2D eigenvalue weighted by molar-refractivity contribution is 5.98. The van der Waals surface area contributed by atoms with E-state index < -0.39 is 5.97 Å². The van der Waals surface area contributed by atoms with Crippen LogP contribution in [0.15, 0.2) is 42.5 Å². The zero-order chi connectivity index (χ0) is 18.4. The lowest BCUT2D eigenvalue weighted by Gasteiger charge is -2.15. The summed E-state index contributed by atoms with van der Waals surface area (Å²) in [7, 11) is 0. The van der Waals surface area contributed by atoms with Gasteiger partial charge in [-0.25, -0.2) is 4.79 Å². The molecule has 0 bridgehead atoms. The molecular weight excluding hydrogens is 316 g/mol. The SMILES string of the molecule is CC[C@H](C)c1ccccc1NC(=O)COC(=O)c1cccc(C)c1N. The molecule has 0 radical (unpaired) electrons. The van der Waals surface area contributed by atoms with E-state index >= 15 is 0 Å². The van der Waals surface area contributed by atoms with Crippen LogP contribution in [0.4, 0.5) is 11.4 Å². The second-order valence-corrected chi connectivity index (χ2v) is 6.06. The van der Waals surface area contributed by atoms with Gasteiger partial charge in [-0.1, -0.05) is 44.2 Å². The molecule has 25 heavy (non-hydrogen) atoms. The molecule has 0 spiro atoms. The minimum Gasteiger partial charge on any atom is -0.452 e. The van der Waals surface area contributed by atoms with Crippen molar-refractivity contribution in [2.75, 3.05) is 17.7 Å². The van der Waals surface area contributed by atoms with Gasteiger partial charge >= 0.3 is 5.97 Å². The molecular formula is C20H24N2O3. The maximum absolute atomic E-state index is 12.1. The number of nitrogens with two attached hydrogens (primary N) is 1. The van der Waals surface area contributed by atoms with Gasteiger partial charge in [0.25, 0.3) is 5.91 Å². The number of ether oxygens (including phenoxy) is 1. The van der Waals surface area contributed by atoms with E-state index in [0.29, 0.717) is 11.6 Å². The van der Waals surface area contributed by atoms with Crippen molar-refractivity contribution >= 4 is 23.3 Å². The van der Waals surface area contributed by atoms with Crippen LogP contribution in [0.2, 0.25) is 0 Å². The molecule has 5 heteroatoms. The summed E-state index contributed by atoms with van der Waals surface area (Å²) in [6, 6.07) is 12.8. The van der Waals surface area contributed by atoms with Gasteiger partial charge in [0.2, 0.25) is 0 Å². The predicted molar refractivity (Wildman–Crippen MR) is 99.7 cm³/mol. The van der Waals surface area contributed by atoms with Crippen molar-refractivity contribution in [1.82, 2.24) is 0 Å². The molecule has 2 rings (SSSR count). The molecule has 0 aliphatic carbocycles. The summed E-state index contributed by atoms with van der Waals surface area (Å²) in [4.78, 5) is 24.3. The van der Waals surface area contributed by atoms with Crippen LogP contribution in [0.25, 0.3) is 0 Å². The van der Waals surface area contributed by atoms with Crippen LogP contribution in [-0.2, 0) is 9.53 Å². The standard InChI is InChI=1S/C20H24N2O3/c1-4-13(2)15-9-5-6-11-17(15)22-18(23)12-25-20(24)16-10-7-8-14(3)19(16)21/h5-11,13H,4,12,21H2,1-3H3,(H,22,23)/t13-/m0/s1. The van der Waals surface area contributed by atoms with E-state index in [1.165, 1.54) is 0 Å². The molecule has 1 atom stereocenters. The fourth-order valence-corrected chi connectivity index (χ4v) is 2.51. The number of amides is 1. The lowest BCUT2D eigenvalue weighted by atomic mass is 9.97. The molecule has 0 fully saturated rings. The molecule has 0 heterocycles. The third-order valence-corrected chi connectivity index (χ3v) is 4.26. The van der Waals surface area contributed by atoms with E-state index in [-0.39, 0.29) is 18.1 Å². The number of nitrogen functional groups attached to an aromatic ring is 1. The minimum atomic E-state index is -0.605. The Morgan fingerprint density at radius 2 is 1.88 bits per heavy atom. The van der Waals surface area contributed by atoms with E-state index in [4.69, 9.17) is 10.5 Å². The summed E-state index contributed by atoms with van der Waals surface area (Å²) in [5.41, 5.74) is 9.12. The molecule has 2 aromatic rings. The molecule has 0 aliphatic heterocycles. The quantitative estimate of drug-likeness (QED) is 0.617. The maximum atomic E-state index is 12.1. The highest BCUT2D eigenvalue weighted by Crippen LogP contribution is 2.26. The zero-order valence-corrected chi connectivity index (χ0v) is 14.8. The number of carbonyl (C=O) groups excluding carboxylic acids is 2. The van der Waals surface area contributed by atoms with Gasteiger partial charge in [-0.3, -0.25) is 4.79 Å². The number of hydrogen-bond acceptors (Lipinski definition) is 4. The minimum absolute atomic E-state index is 0.271. The van der Waals surface area contributed by atoms with Crippen LogP contribution in [0.5, 0.6) is 0 Å². The topological polar surface area (TPSA) is 81.4 Å². The smallest absolute Gasteiger partial charge is 0.340 e. The Balaban J connectivity index is 2.00. The van der Waals surface area contributed by atoms with Crippen LogP contribution in [0.3, 0.4) is 0 Å². The fraction of sp³-hybridized carbons (Fsp3) is 0.300. The van der Waals surface area contributed by atoms with Crippen LogP contribution < -0.4 is 11.1 Å². The summed E-state index contributed by atoms with van der Waals surface area (Å²) < 4.78 is 5.09. The lowest BCUT2D eigenvalue weighted by molar-refractivity contribution is -0.119. The van der Waals surface area contributed by atoms with Crippen molar-refractivity contribution in [1.29, 1.82) is 0 Å². The van der Waals surface area contributed by atoms with E-state index in [9.17, 15) is 9.59 Å². The number of hydrogen-bond donors (Lipinski definition) is 2. The lowest BCUT2D eigenvalue weighted by Crippen LogP contribution is -2.22. The third kappa shape index (κ3) is 4.59. The number of benzene rings is 2. The molecule has 0 unspecified atom stereocenters. The molecule has 2 aromatic carbocycles. The molecule has 0 aliphatic rings. The summed E-state index contributed by atoms with van der Waals surface area (Å²) in [6.45, 7) is 5.65. The first kappa shape index (κ1) is 18.5. The second kappa shape index (κ2) is 8.33. The van der Waals surface area contributed by atoms with Gasteiger partial charge in [0.1, 0.15) is 0 Å². The van der Waals surface area contributed by atoms with Crippen molar-refractivity contribution in [3.8, 4) is 0 Å². The summed E-state index contributed by atoms with van der Waals surface area (Å²) in [6.07, 6.45) is 0.967. The molecule has 0 aromatic heterocycles. The predicted octanol–water partition coefficient (Wildman–Crippen LogP) is 3.89. The Hall–Kier alpha value is -2.82. The van der Waals surface area contributed by atoms with Crippen LogP contribution in [0.1, 0.15) is 47.7 Å². The van der Waals surface area contributed by atoms with Gasteiger partial charge in [-0.05, 0) is 42.5 Å². The van der Waals surface area contributed by atoms with E-state index in [1.807, 2.05) is 37.3 Å². The molecule has 3 N–H and O–H groups in total. The molecule has 0 saturated carbocycles. The van der Waals surface area contributed by atoms with Gasteiger partial charge in [0.15, 0.2) is 6.61 Å². The maximum Gasteiger partial charge on any atom is 0.340 e. The Bertz CT molecular complexity index is 771. The first-order valence-corrected chi connectivity index (χ1v) is 8.35. The van der Waals surface area contributed by atoms with Crippen molar-refractivity contribution in [3.63, 3.8) is 0 Å². The van der Waals surface area contributed by atoms with Crippen molar-refractivity contribution in [2.45, 2.75) is 33.1 Å². The number of aryl methyl sites for hydroxylation is 1. The van der Waals surface area contributed by atoms with Crippen molar-refractivity contribution < 1.29 is 14.3 Å². The molecule has 132 valence electrons. The third-order valence-electron chi connectivity index (χ3n) is 4.26. The Morgan fingerprint density at radius 3 is 2.60 bits per heavy atom. The Labute approximate surface area is 148 Å². The van der Waals surface area contributed by atoms with E-state index in [2.05, 4.69) is 19.2 Å². The largest absolute Gasteiger partial charge is 0.452 e. The summed E-state index contributed by atoms with van der Waals surface area (Å²) in [5, 5.41) is 2.81. The molecule has 5 nitrogen and oxygen atoms in total. The van der Waals surface area contributed by atoms with Gasteiger partial charge in [-0.15, -0.1) is 0 Å². The van der Waals surface area contributed by atoms with E-state index in [1.54, 1.807) is 12.1 Å². The highest BCUT2D eigenvalue weighted by Gasteiger charge is 2.15. The van der Waals surface area contributed by atoms with Crippen LogP contribution in [-0.4, -0.2) is 18.5 Å². The molecule has 0 saturated heterocycles. The number of esters is 1. The Kier molecular flexibility index (Phi) is 6.17. The van der Waals surface area contributed by atoms with Gasteiger partial charge in [-0.2, -0.15) is 0 Å². The van der Waals surface area contributed by atoms with Crippen molar-refractivity contribution in [3.05, 3.63) is 59.2 Å². The number of nitrogens with one attached hydrogen (secondary N) is 1. The average Bonchev–Trinajstić information content (AvgIpc) is 2.61. The van der Waals surface area contributed by atoms with Crippen molar-refractivity contribution in [2.24, 2.45) is 0 Å².